The van der Waals surface area contributed by atoms with E-state index in [-0.39, 0.29) is 28.9 Å². The first-order valence-corrected chi connectivity index (χ1v) is 15.5. The van der Waals surface area contributed by atoms with Gasteiger partial charge in [0.2, 0.25) is 11.8 Å². The average Bonchev–Trinajstić information content (AvgIpc) is 3.70. The van der Waals surface area contributed by atoms with E-state index in [4.69, 9.17) is 4.74 Å². The number of thiophene rings is 1. The molecule has 2 amide bonds. The quantitative estimate of drug-likeness (QED) is 0.270. The van der Waals surface area contributed by atoms with Gasteiger partial charge >= 0.3 is 0 Å². The lowest BCUT2D eigenvalue weighted by atomic mass is 9.85. The van der Waals surface area contributed by atoms with Gasteiger partial charge in [-0.2, -0.15) is 4.39 Å². The molecule has 0 spiro atoms. The molecule has 2 atom stereocenters. The molecular formula is C30H36FN3O3S2. The van der Waals surface area contributed by atoms with Crippen LogP contribution >= 0.6 is 23.1 Å². The summed E-state index contributed by atoms with van der Waals surface area (Å²) in [6, 6.07) is 13.9. The monoisotopic (exact) mass is 569 g/mol. The van der Waals surface area contributed by atoms with Crippen molar-refractivity contribution < 1.29 is 18.7 Å². The number of fused-ring (bicyclic) bond motifs is 2. The van der Waals surface area contributed by atoms with Crippen LogP contribution in [0.5, 0.6) is 0 Å². The van der Waals surface area contributed by atoms with Gasteiger partial charge in [0.1, 0.15) is 0 Å². The molecule has 1 aliphatic heterocycles. The molecule has 208 valence electrons. The summed E-state index contributed by atoms with van der Waals surface area (Å²) in [5.41, 5.74) is 2.28. The van der Waals surface area contributed by atoms with Crippen molar-refractivity contribution in [2.45, 2.75) is 50.0 Å². The molecular weight excluding hydrogens is 533 g/mol. The van der Waals surface area contributed by atoms with E-state index in [0.29, 0.717) is 31.0 Å². The van der Waals surface area contributed by atoms with Gasteiger partial charge < -0.3 is 19.9 Å². The zero-order valence-corrected chi connectivity index (χ0v) is 24.4. The molecule has 0 radical (unpaired) electrons. The van der Waals surface area contributed by atoms with Gasteiger partial charge in [-0.25, -0.2) is 0 Å². The zero-order chi connectivity index (χ0) is 27.5. The summed E-state index contributed by atoms with van der Waals surface area (Å²) in [6.45, 7) is 6.33. The molecule has 0 saturated heterocycles. The van der Waals surface area contributed by atoms with Crippen molar-refractivity contribution in [1.29, 1.82) is 0 Å². The van der Waals surface area contributed by atoms with E-state index < -0.39 is 5.92 Å². The number of thioether (sulfide) groups is 1. The molecule has 1 fully saturated rings. The van der Waals surface area contributed by atoms with Crippen molar-refractivity contribution in [2.75, 3.05) is 48.9 Å². The molecule has 9 heteroatoms. The Bertz CT molecular complexity index is 1340. The van der Waals surface area contributed by atoms with Gasteiger partial charge in [0, 0.05) is 53.7 Å². The van der Waals surface area contributed by atoms with E-state index in [1.807, 2.05) is 66.1 Å². The standard InChI is InChI=1S/C30H36FN3O3S2/c1-4-32-17-23(19(2)28-22-8-5-6-9-25(22)39-29(28)31)30(36)34(20-10-11-20)21-12-13-26-24(16-21)33(14-7-15-37-3)27(35)18-38-26/h5-6,8-9,12-13,16,19-20,23,32H,4,7,10-11,14-15,17-18H2,1-3H3/t19-,23-/m0/s1. The minimum absolute atomic E-state index is 0.00121. The number of amides is 2. The maximum atomic E-state index is 15.3. The molecule has 39 heavy (non-hydrogen) atoms. The van der Waals surface area contributed by atoms with Crippen LogP contribution in [0.2, 0.25) is 0 Å². The van der Waals surface area contributed by atoms with Crippen molar-refractivity contribution in [3.05, 3.63) is 53.2 Å². The van der Waals surface area contributed by atoms with Gasteiger partial charge in [0.05, 0.1) is 17.4 Å². The third-order valence-corrected chi connectivity index (χ3v) is 9.64. The number of carbonyl (C=O) groups is 2. The van der Waals surface area contributed by atoms with Crippen molar-refractivity contribution in [2.24, 2.45) is 5.92 Å². The first-order valence-electron chi connectivity index (χ1n) is 13.7. The second-order valence-electron chi connectivity index (χ2n) is 10.3. The Kier molecular flexibility index (Phi) is 8.91. The van der Waals surface area contributed by atoms with Gasteiger partial charge in [0.15, 0.2) is 5.13 Å². The number of hydrogen-bond acceptors (Lipinski definition) is 6. The van der Waals surface area contributed by atoms with Crippen molar-refractivity contribution in [1.82, 2.24) is 5.32 Å². The lowest BCUT2D eigenvalue weighted by molar-refractivity contribution is -0.123. The van der Waals surface area contributed by atoms with E-state index in [1.165, 1.54) is 11.8 Å². The maximum absolute atomic E-state index is 15.3. The Morgan fingerprint density at radius 1 is 1.26 bits per heavy atom. The van der Waals surface area contributed by atoms with Crippen LogP contribution in [0.4, 0.5) is 15.8 Å². The molecule has 1 N–H and O–H groups in total. The lowest BCUT2D eigenvalue weighted by Crippen LogP contribution is -2.44. The van der Waals surface area contributed by atoms with E-state index in [9.17, 15) is 9.59 Å². The summed E-state index contributed by atoms with van der Waals surface area (Å²) >= 11 is 2.69. The van der Waals surface area contributed by atoms with Gasteiger partial charge in [-0.3, -0.25) is 9.59 Å². The number of nitrogens with one attached hydrogen (secondary N) is 1. The molecule has 2 aromatic carbocycles. The number of benzene rings is 2. The summed E-state index contributed by atoms with van der Waals surface area (Å²) in [4.78, 5) is 32.0. The highest BCUT2D eigenvalue weighted by molar-refractivity contribution is 8.00. The van der Waals surface area contributed by atoms with Crippen LogP contribution < -0.4 is 15.1 Å². The molecule has 0 bridgehead atoms. The lowest BCUT2D eigenvalue weighted by Gasteiger charge is -2.33. The predicted octanol–water partition coefficient (Wildman–Crippen LogP) is 6.04. The Labute approximate surface area is 237 Å². The van der Waals surface area contributed by atoms with Crippen LogP contribution in [-0.2, 0) is 14.3 Å². The van der Waals surface area contributed by atoms with Crippen molar-refractivity contribution in [3.63, 3.8) is 0 Å². The molecule has 2 aliphatic rings. The molecule has 3 aromatic rings. The molecule has 0 unspecified atom stereocenters. The summed E-state index contributed by atoms with van der Waals surface area (Å²) in [7, 11) is 1.66. The number of ether oxygens (including phenoxy) is 1. The van der Waals surface area contributed by atoms with Crippen LogP contribution in [0.1, 0.15) is 44.6 Å². The highest BCUT2D eigenvalue weighted by atomic mass is 32.2. The summed E-state index contributed by atoms with van der Waals surface area (Å²) < 4.78 is 21.4. The van der Waals surface area contributed by atoms with E-state index in [0.717, 1.165) is 63.5 Å². The number of carbonyl (C=O) groups excluding carboxylic acids is 2. The number of hydrogen-bond donors (Lipinski definition) is 1. The Balaban J connectivity index is 1.49. The first-order chi connectivity index (χ1) is 18.9. The zero-order valence-electron chi connectivity index (χ0n) is 22.7. The number of halogens is 1. The summed E-state index contributed by atoms with van der Waals surface area (Å²) in [6.07, 6.45) is 2.61. The Hall–Kier alpha value is -2.46. The fraction of sp³-hybridized carbons (Fsp3) is 0.467. The minimum atomic E-state index is -0.442. The maximum Gasteiger partial charge on any atom is 0.237 e. The second-order valence-corrected chi connectivity index (χ2v) is 12.3. The van der Waals surface area contributed by atoms with Gasteiger partial charge in [0.25, 0.3) is 0 Å². The van der Waals surface area contributed by atoms with Gasteiger partial charge in [-0.15, -0.1) is 23.1 Å². The van der Waals surface area contributed by atoms with Crippen LogP contribution in [0.15, 0.2) is 47.4 Å². The minimum Gasteiger partial charge on any atom is -0.385 e. The normalized spacial score (nSPS) is 16.8. The van der Waals surface area contributed by atoms with Crippen molar-refractivity contribution >= 4 is 56.4 Å². The molecule has 1 aromatic heterocycles. The Morgan fingerprint density at radius 2 is 2.05 bits per heavy atom. The number of rotatable bonds is 12. The highest BCUT2D eigenvalue weighted by Crippen LogP contribution is 2.43. The second kappa shape index (κ2) is 12.4. The van der Waals surface area contributed by atoms with Crippen LogP contribution in [0.3, 0.4) is 0 Å². The van der Waals surface area contributed by atoms with Crippen LogP contribution in [0.25, 0.3) is 10.1 Å². The smallest absolute Gasteiger partial charge is 0.237 e. The number of nitrogens with zero attached hydrogens (tertiary/aromatic N) is 2. The average molecular weight is 570 g/mol. The third kappa shape index (κ3) is 5.87. The molecule has 1 aliphatic carbocycles. The fourth-order valence-corrected chi connectivity index (χ4v) is 7.37. The fourth-order valence-electron chi connectivity index (χ4n) is 5.42. The van der Waals surface area contributed by atoms with E-state index in [1.54, 1.807) is 7.11 Å². The van der Waals surface area contributed by atoms with Crippen LogP contribution in [-0.4, -0.2) is 57.0 Å². The topological polar surface area (TPSA) is 61.9 Å². The SMILES string of the molecule is CCNC[C@H](C(=O)N(c1ccc2c(c1)N(CCCOC)C(=O)CS2)C1CC1)[C@H](C)c1c(F)sc2ccccc12. The summed E-state index contributed by atoms with van der Waals surface area (Å²) in [5, 5.41) is 4.03. The highest BCUT2D eigenvalue weighted by Gasteiger charge is 2.40. The first kappa shape index (κ1) is 28.1. The van der Waals surface area contributed by atoms with Crippen molar-refractivity contribution in [3.8, 4) is 0 Å². The molecule has 2 heterocycles. The largest absolute Gasteiger partial charge is 0.385 e. The summed E-state index contributed by atoms with van der Waals surface area (Å²) in [5.74, 6) is -0.269. The molecule has 5 rings (SSSR count). The predicted molar refractivity (Wildman–Crippen MR) is 159 cm³/mol. The Morgan fingerprint density at radius 3 is 2.79 bits per heavy atom. The van der Waals surface area contributed by atoms with Gasteiger partial charge in [-0.1, -0.05) is 32.0 Å². The number of methoxy groups -OCH3 is 1. The van der Waals surface area contributed by atoms with Crippen LogP contribution in [0, 0.1) is 11.0 Å². The molecule has 6 nitrogen and oxygen atoms in total. The third-order valence-electron chi connectivity index (χ3n) is 7.62. The molecule has 1 saturated carbocycles. The van der Waals surface area contributed by atoms with E-state index in [2.05, 4.69) is 5.32 Å². The number of anilines is 2. The van der Waals surface area contributed by atoms with Gasteiger partial charge in [-0.05, 0) is 61.4 Å². The van der Waals surface area contributed by atoms with E-state index >= 15 is 4.39 Å².